The van der Waals surface area contributed by atoms with Gasteiger partial charge in [0.2, 0.25) is 0 Å². The zero-order valence-corrected chi connectivity index (χ0v) is 6.59. The van der Waals surface area contributed by atoms with Crippen LogP contribution in [-0.4, -0.2) is 48.5 Å². The first-order valence-electron chi connectivity index (χ1n) is 0.783. The molecule has 0 aliphatic heterocycles. The molecule has 0 aromatic heterocycles. The van der Waals surface area contributed by atoms with Gasteiger partial charge in [0.1, 0.15) is 0 Å². The third-order valence-corrected chi connectivity index (χ3v) is 0. The summed E-state index contributed by atoms with van der Waals surface area (Å²) in [6.45, 7) is 0. The number of hydrogen-bond donors (Lipinski definition) is 3. The zero-order valence-electron chi connectivity index (χ0n) is 4.70. The van der Waals surface area contributed by atoms with Crippen molar-refractivity contribution < 1.29 is 55.7 Å². The van der Waals surface area contributed by atoms with Crippen molar-refractivity contribution in [3.05, 3.63) is 0 Å². The third kappa shape index (κ3) is 181. The molecule has 0 spiro atoms. The molecule has 0 atom stereocenters. The third-order valence-electron chi connectivity index (χ3n) is 0. The van der Waals surface area contributed by atoms with Crippen LogP contribution in [0.25, 0.3) is 0 Å². The molecular formula is H13AlNaO5PSi. The van der Waals surface area contributed by atoms with Crippen molar-refractivity contribution in [3.63, 3.8) is 0 Å². The van der Waals surface area contributed by atoms with Gasteiger partial charge in [0.25, 0.3) is 0 Å². The maximum Gasteiger partial charge on any atom is 1.00 e. The Morgan fingerprint density at radius 2 is 1.22 bits per heavy atom. The van der Waals surface area contributed by atoms with Crippen molar-refractivity contribution in [2.45, 2.75) is 0 Å². The Morgan fingerprint density at radius 3 is 1.22 bits per heavy atom. The van der Waals surface area contributed by atoms with E-state index in [-0.39, 0.29) is 64.8 Å². The smallest absolute Gasteiger partial charge is 1.00 e. The van der Waals surface area contributed by atoms with Crippen molar-refractivity contribution in [2.24, 2.45) is 0 Å². The van der Waals surface area contributed by atoms with Gasteiger partial charge in [0.15, 0.2) is 17.4 Å². The van der Waals surface area contributed by atoms with Gasteiger partial charge in [-0.25, -0.2) is 4.57 Å². The molecule has 0 saturated carbocycles. The minimum atomic E-state index is -4.64. The van der Waals surface area contributed by atoms with E-state index in [1.165, 1.54) is 0 Å². The Kier molecular flexibility index (Phi) is 42.8. The van der Waals surface area contributed by atoms with Gasteiger partial charge in [-0.15, -0.1) is 0 Å². The van der Waals surface area contributed by atoms with E-state index in [2.05, 4.69) is 0 Å². The molecule has 0 amide bonds. The fourth-order valence-electron chi connectivity index (χ4n) is 0. The maximum atomic E-state index is 8.88. The van der Waals surface area contributed by atoms with Crippen molar-refractivity contribution in [1.82, 2.24) is 0 Å². The molecule has 0 aromatic rings. The van der Waals surface area contributed by atoms with Gasteiger partial charge < -0.3 is 21.6 Å². The predicted molar refractivity (Wildman–Crippen MR) is 40.3 cm³/mol. The minimum absolute atomic E-state index is 0. The molecule has 9 heavy (non-hydrogen) atoms. The second-order valence-corrected chi connectivity index (χ2v) is 1.54. The van der Waals surface area contributed by atoms with Gasteiger partial charge in [0.05, 0.1) is 0 Å². The van der Waals surface area contributed by atoms with E-state index in [0.29, 0.717) is 0 Å². The first-order valence-corrected chi connectivity index (χ1v) is 2.35. The first-order chi connectivity index (χ1) is 2.00. The fraction of sp³-hybridized carbons (Fsp3) is 0. The Balaban J connectivity index is -0.00000000800. The largest absolute Gasteiger partial charge is 1.00 e. The number of rotatable bonds is 0. The quantitative estimate of drug-likeness (QED) is 0.268. The van der Waals surface area contributed by atoms with Crippen LogP contribution in [0, 0.1) is 0 Å². The second-order valence-electron chi connectivity index (χ2n) is 0.513. The molecule has 0 fully saturated rings. The van der Waals surface area contributed by atoms with E-state index in [1.807, 2.05) is 0 Å². The summed E-state index contributed by atoms with van der Waals surface area (Å²) in [5.74, 6) is 0. The summed E-state index contributed by atoms with van der Waals surface area (Å²) in [4.78, 5) is 21.6. The SMILES string of the molecule is O.O=P(O)(O)O.[AlH3].[H-].[Na+].[SiH4]. The molecule has 0 saturated heterocycles. The number of hydrogen-bond acceptors (Lipinski definition) is 1. The standard InChI is InChI=1S/Al.Na.H3O4P.H2O.H4Si.4H/c;;1-5(2,3)4;;;;;;/h;;(H3,1,2,3,4);1H2;1H4;;;;/q;+1;;;;;;;-1. The Bertz CT molecular complexity index is 67.8. The van der Waals surface area contributed by atoms with Crippen LogP contribution >= 0.6 is 7.82 Å². The predicted octanol–water partition coefficient (Wildman–Crippen LogP) is -7.27. The summed E-state index contributed by atoms with van der Waals surface area (Å²) >= 11 is 0. The molecule has 0 rings (SSSR count). The van der Waals surface area contributed by atoms with E-state index in [0.717, 1.165) is 0 Å². The van der Waals surface area contributed by atoms with Crippen LogP contribution in [0.4, 0.5) is 0 Å². The Labute approximate surface area is 91.3 Å². The van der Waals surface area contributed by atoms with Gasteiger partial charge in [-0.2, -0.15) is 0 Å². The van der Waals surface area contributed by atoms with Gasteiger partial charge in [-0.3, -0.25) is 0 Å². The molecule has 56 valence electrons. The van der Waals surface area contributed by atoms with Crippen LogP contribution in [-0.2, 0) is 4.57 Å². The minimum Gasteiger partial charge on any atom is -1.00 e. The average Bonchev–Trinajstić information content (AvgIpc) is 0.722. The summed E-state index contributed by atoms with van der Waals surface area (Å²) in [6.07, 6.45) is 0. The van der Waals surface area contributed by atoms with E-state index < -0.39 is 7.82 Å². The Morgan fingerprint density at radius 1 is 1.22 bits per heavy atom. The molecule has 5 nitrogen and oxygen atoms in total. The van der Waals surface area contributed by atoms with Crippen molar-refractivity contribution in [1.29, 1.82) is 0 Å². The topological polar surface area (TPSA) is 109 Å². The molecule has 0 unspecified atom stereocenters. The fourth-order valence-corrected chi connectivity index (χ4v) is 0. The van der Waals surface area contributed by atoms with E-state index in [4.69, 9.17) is 19.2 Å². The molecule has 5 N–H and O–H groups in total. The van der Waals surface area contributed by atoms with Crippen LogP contribution in [0.2, 0.25) is 0 Å². The molecule has 0 heterocycles. The monoisotopic (exact) mass is 202 g/mol. The molecule has 0 radical (unpaired) electrons. The van der Waals surface area contributed by atoms with Crippen molar-refractivity contribution in [3.8, 4) is 0 Å². The van der Waals surface area contributed by atoms with Gasteiger partial charge in [0, 0.05) is 0 Å². The van der Waals surface area contributed by atoms with Crippen LogP contribution in [0.1, 0.15) is 1.43 Å². The van der Waals surface area contributed by atoms with Gasteiger partial charge in [-0.05, 0) is 11.0 Å². The summed E-state index contributed by atoms with van der Waals surface area (Å²) in [5.41, 5.74) is 0. The Hall–Kier alpha value is 1.82. The molecule has 9 heteroatoms. The molecule has 0 aromatic carbocycles. The average molecular weight is 202 g/mol. The van der Waals surface area contributed by atoms with E-state index >= 15 is 0 Å². The van der Waals surface area contributed by atoms with Crippen LogP contribution in [0.5, 0.6) is 0 Å². The molecule has 0 aliphatic carbocycles. The summed E-state index contributed by atoms with van der Waals surface area (Å²) in [5, 5.41) is 0. The molecule has 0 bridgehead atoms. The van der Waals surface area contributed by atoms with Gasteiger partial charge >= 0.3 is 37.4 Å². The molecule has 0 aliphatic rings. The maximum absolute atomic E-state index is 8.88. The summed E-state index contributed by atoms with van der Waals surface area (Å²) in [7, 11) is -4.64. The first kappa shape index (κ1) is 30.8. The van der Waals surface area contributed by atoms with Crippen molar-refractivity contribution >= 4 is 36.1 Å². The van der Waals surface area contributed by atoms with Crippen LogP contribution < -0.4 is 29.6 Å². The zero-order chi connectivity index (χ0) is 4.50. The van der Waals surface area contributed by atoms with E-state index in [1.54, 1.807) is 0 Å². The van der Waals surface area contributed by atoms with Crippen LogP contribution in [0.3, 0.4) is 0 Å². The second kappa shape index (κ2) is 12.5. The van der Waals surface area contributed by atoms with E-state index in [9.17, 15) is 0 Å². The van der Waals surface area contributed by atoms with Crippen LogP contribution in [0.15, 0.2) is 0 Å². The summed E-state index contributed by atoms with van der Waals surface area (Å²) in [6, 6.07) is 0. The molecular weight excluding hydrogens is 189 g/mol. The van der Waals surface area contributed by atoms with Gasteiger partial charge in [-0.1, -0.05) is 0 Å². The summed E-state index contributed by atoms with van der Waals surface area (Å²) < 4.78 is 8.88. The normalized spacial score (nSPS) is 6.56. The number of phosphoric acid groups is 1. The van der Waals surface area contributed by atoms with Crippen molar-refractivity contribution in [2.75, 3.05) is 0 Å².